The molecule has 0 spiro atoms. The summed E-state index contributed by atoms with van der Waals surface area (Å²) in [5.41, 5.74) is 1.33. The molecule has 2 aliphatic heterocycles. The maximum Gasteiger partial charge on any atom is 0.243 e. The maximum absolute atomic E-state index is 13.0. The first-order chi connectivity index (χ1) is 16.2. The van der Waals surface area contributed by atoms with Gasteiger partial charge in [-0.1, -0.05) is 25.8 Å². The van der Waals surface area contributed by atoms with Gasteiger partial charge in [0.15, 0.2) is 0 Å². The highest BCUT2D eigenvalue weighted by molar-refractivity contribution is 7.89. The second-order valence-electron chi connectivity index (χ2n) is 9.76. The highest BCUT2D eigenvalue weighted by Gasteiger charge is 2.29. The van der Waals surface area contributed by atoms with Crippen LogP contribution >= 0.6 is 0 Å². The fraction of sp³-hybridized carbons (Fsp3) is 0.680. The lowest BCUT2D eigenvalue weighted by molar-refractivity contribution is -0.128. The van der Waals surface area contributed by atoms with Gasteiger partial charge in [-0.15, -0.1) is 0 Å². The number of piperidine rings is 2. The number of anilines is 1. The molecule has 1 aromatic rings. The summed E-state index contributed by atoms with van der Waals surface area (Å²) in [5, 5.41) is 5.99. The van der Waals surface area contributed by atoms with Crippen LogP contribution in [0.2, 0.25) is 0 Å². The fourth-order valence-corrected chi connectivity index (χ4v) is 6.37. The normalized spacial score (nSPS) is 21.1. The van der Waals surface area contributed by atoms with E-state index in [0.29, 0.717) is 25.3 Å². The van der Waals surface area contributed by atoms with Crippen molar-refractivity contribution in [2.75, 3.05) is 38.0 Å². The van der Waals surface area contributed by atoms with E-state index < -0.39 is 10.0 Å². The summed E-state index contributed by atoms with van der Waals surface area (Å²) >= 11 is 0. The summed E-state index contributed by atoms with van der Waals surface area (Å²) in [7, 11) is -3.57. The number of nitrogens with one attached hydrogen (secondary N) is 2. The van der Waals surface area contributed by atoms with Crippen molar-refractivity contribution in [2.24, 2.45) is 5.92 Å². The summed E-state index contributed by atoms with van der Waals surface area (Å²) in [6, 6.07) is 5.08. The highest BCUT2D eigenvalue weighted by atomic mass is 32.2. The molecule has 1 aromatic carbocycles. The molecule has 34 heavy (non-hydrogen) atoms. The summed E-state index contributed by atoms with van der Waals surface area (Å²) < 4.78 is 27.6. The SMILES string of the molecule is CCCC(C)NC(=O)C1CCCN(CC(=O)Nc2cc(S(=O)(=O)N3CCCCC3)ccc2C)C1. The van der Waals surface area contributed by atoms with Gasteiger partial charge in [-0.05, 0) is 70.2 Å². The van der Waals surface area contributed by atoms with Crippen LogP contribution in [0, 0.1) is 12.8 Å². The van der Waals surface area contributed by atoms with Crippen LogP contribution in [-0.2, 0) is 19.6 Å². The van der Waals surface area contributed by atoms with Crippen molar-refractivity contribution in [3.63, 3.8) is 0 Å². The third-order valence-corrected chi connectivity index (χ3v) is 8.68. The van der Waals surface area contributed by atoms with Gasteiger partial charge in [0.2, 0.25) is 21.8 Å². The lowest BCUT2D eigenvalue weighted by Crippen LogP contribution is -2.47. The first-order valence-electron chi connectivity index (χ1n) is 12.6. The second-order valence-corrected chi connectivity index (χ2v) is 11.7. The van der Waals surface area contributed by atoms with E-state index in [1.54, 1.807) is 18.2 Å². The van der Waals surface area contributed by atoms with E-state index in [4.69, 9.17) is 0 Å². The fourth-order valence-electron chi connectivity index (χ4n) is 4.82. The molecular weight excluding hydrogens is 452 g/mol. The number of aryl methyl sites for hydroxylation is 1. The molecule has 0 aliphatic carbocycles. The molecule has 8 nitrogen and oxygen atoms in total. The summed E-state index contributed by atoms with van der Waals surface area (Å²) in [6.45, 7) is 8.56. The molecule has 0 saturated carbocycles. The first kappa shape index (κ1) is 26.6. The zero-order valence-corrected chi connectivity index (χ0v) is 21.6. The molecule has 190 valence electrons. The molecule has 0 radical (unpaired) electrons. The predicted molar refractivity (Wildman–Crippen MR) is 134 cm³/mol. The molecule has 2 fully saturated rings. The minimum Gasteiger partial charge on any atom is -0.353 e. The van der Waals surface area contributed by atoms with E-state index in [1.807, 2.05) is 18.7 Å². The third-order valence-electron chi connectivity index (χ3n) is 6.79. The molecule has 2 N–H and O–H groups in total. The number of carbonyl (C=O) groups is 2. The molecule has 0 bridgehead atoms. The zero-order valence-electron chi connectivity index (χ0n) is 20.8. The molecule has 9 heteroatoms. The van der Waals surface area contributed by atoms with E-state index in [1.165, 1.54) is 4.31 Å². The lowest BCUT2D eigenvalue weighted by atomic mass is 9.96. The van der Waals surface area contributed by atoms with Gasteiger partial charge in [0.05, 0.1) is 17.4 Å². The minimum absolute atomic E-state index is 0.0672. The molecule has 3 rings (SSSR count). The van der Waals surface area contributed by atoms with Crippen LogP contribution < -0.4 is 10.6 Å². The summed E-state index contributed by atoms with van der Waals surface area (Å²) in [6.07, 6.45) is 6.49. The Morgan fingerprint density at radius 3 is 2.56 bits per heavy atom. The number of sulfonamides is 1. The monoisotopic (exact) mass is 492 g/mol. The minimum atomic E-state index is -3.57. The Labute approximate surface area is 204 Å². The maximum atomic E-state index is 13.0. The second kappa shape index (κ2) is 12.1. The van der Waals surface area contributed by atoms with E-state index >= 15 is 0 Å². The topological polar surface area (TPSA) is 98.8 Å². The van der Waals surface area contributed by atoms with Gasteiger partial charge in [0.1, 0.15) is 0 Å². The van der Waals surface area contributed by atoms with Crippen LogP contribution in [-0.4, -0.2) is 68.2 Å². The van der Waals surface area contributed by atoms with E-state index in [-0.39, 0.29) is 35.2 Å². The quantitative estimate of drug-likeness (QED) is 0.552. The van der Waals surface area contributed by atoms with Crippen molar-refractivity contribution >= 4 is 27.5 Å². The number of hydrogen-bond donors (Lipinski definition) is 2. The molecule has 2 aliphatic rings. The number of rotatable bonds is 9. The molecule has 2 atom stereocenters. The Morgan fingerprint density at radius 2 is 1.85 bits per heavy atom. The van der Waals surface area contributed by atoms with E-state index in [2.05, 4.69) is 17.6 Å². The number of carbonyl (C=O) groups excluding carboxylic acids is 2. The molecule has 2 heterocycles. The first-order valence-corrected chi connectivity index (χ1v) is 14.1. The Morgan fingerprint density at radius 1 is 1.12 bits per heavy atom. The Hall–Kier alpha value is -1.97. The van der Waals surface area contributed by atoms with Crippen LogP contribution in [0.25, 0.3) is 0 Å². The average molecular weight is 493 g/mol. The van der Waals surface area contributed by atoms with Crippen LogP contribution in [0.15, 0.2) is 23.1 Å². The van der Waals surface area contributed by atoms with Crippen LogP contribution in [0.3, 0.4) is 0 Å². The van der Waals surface area contributed by atoms with Crippen molar-refractivity contribution in [1.29, 1.82) is 0 Å². The van der Waals surface area contributed by atoms with Crippen LogP contribution in [0.5, 0.6) is 0 Å². The van der Waals surface area contributed by atoms with Gasteiger partial charge in [-0.25, -0.2) is 8.42 Å². The van der Waals surface area contributed by atoms with Crippen molar-refractivity contribution in [3.8, 4) is 0 Å². The molecule has 2 saturated heterocycles. The predicted octanol–water partition coefficient (Wildman–Crippen LogP) is 3.12. The summed E-state index contributed by atoms with van der Waals surface area (Å²) in [4.78, 5) is 27.7. The largest absolute Gasteiger partial charge is 0.353 e. The number of benzene rings is 1. The van der Waals surface area contributed by atoms with Crippen LogP contribution in [0.4, 0.5) is 5.69 Å². The lowest BCUT2D eigenvalue weighted by Gasteiger charge is -2.32. The number of amides is 2. The standard InChI is InChI=1S/C25H40N4O4S/c1-4-9-20(3)26-25(31)21-10-8-13-28(17-21)18-24(30)27-23-16-22(12-11-19(23)2)34(32,33)29-14-6-5-7-15-29/h11-12,16,20-21H,4-10,13-15,17-18H2,1-3H3,(H,26,31)(H,27,30). The van der Waals surface area contributed by atoms with Gasteiger partial charge in [0.25, 0.3) is 0 Å². The van der Waals surface area contributed by atoms with Gasteiger partial charge in [-0.2, -0.15) is 4.31 Å². The molecule has 2 amide bonds. The summed E-state index contributed by atoms with van der Waals surface area (Å²) in [5.74, 6) is -0.242. The third kappa shape index (κ3) is 7.02. The molecule has 2 unspecified atom stereocenters. The molecular formula is C25H40N4O4S. The highest BCUT2D eigenvalue weighted by Crippen LogP contribution is 2.25. The smallest absolute Gasteiger partial charge is 0.243 e. The van der Waals surface area contributed by atoms with E-state index in [0.717, 1.165) is 57.1 Å². The zero-order chi connectivity index (χ0) is 24.7. The van der Waals surface area contributed by atoms with Gasteiger partial charge >= 0.3 is 0 Å². The van der Waals surface area contributed by atoms with Gasteiger partial charge < -0.3 is 10.6 Å². The van der Waals surface area contributed by atoms with Crippen LogP contribution in [0.1, 0.15) is 64.4 Å². The number of nitrogens with zero attached hydrogens (tertiary/aromatic N) is 2. The molecule has 0 aromatic heterocycles. The van der Waals surface area contributed by atoms with E-state index in [9.17, 15) is 18.0 Å². The van der Waals surface area contributed by atoms with Gasteiger partial charge in [0, 0.05) is 31.4 Å². The van der Waals surface area contributed by atoms with Crippen molar-refractivity contribution < 1.29 is 18.0 Å². The van der Waals surface area contributed by atoms with Crippen molar-refractivity contribution in [2.45, 2.75) is 76.7 Å². The number of likely N-dealkylation sites (tertiary alicyclic amines) is 1. The Kier molecular flexibility index (Phi) is 9.50. The number of hydrogen-bond acceptors (Lipinski definition) is 5. The average Bonchev–Trinajstić information content (AvgIpc) is 2.81. The Bertz CT molecular complexity index is 960. The Balaban J connectivity index is 1.60. The van der Waals surface area contributed by atoms with Gasteiger partial charge in [-0.3, -0.25) is 14.5 Å². The van der Waals surface area contributed by atoms with Crippen molar-refractivity contribution in [1.82, 2.24) is 14.5 Å². The van der Waals surface area contributed by atoms with Crippen molar-refractivity contribution in [3.05, 3.63) is 23.8 Å².